The first kappa shape index (κ1) is 25.9. The second kappa shape index (κ2) is 14.8. The number of para-hydroxylation sites is 2. The Morgan fingerprint density at radius 1 is 0.893 bits per heavy atom. The normalized spacial score (nSPS) is 12.3. The standard InChI is InChI=1S/C24H40BrN2.HI/c1-21(16-12-10-8-6-4-5-7-9-11-15-19-25)20-24-26(2)22-17-13-14-18-23(22)27(24)3;/h13-14,17-18,21H,4-12,15-16,19-20H2,1-3H3;1H/q+1;/p-1. The number of nitrogens with zero attached hydrogens (tertiary/aromatic N) is 2. The molecular weight excluding hydrogens is 523 g/mol. The summed E-state index contributed by atoms with van der Waals surface area (Å²) in [6.45, 7) is 2.42. The minimum Gasteiger partial charge on any atom is -1.00 e. The highest BCUT2D eigenvalue weighted by Crippen LogP contribution is 2.19. The summed E-state index contributed by atoms with van der Waals surface area (Å²) in [5.41, 5.74) is 2.68. The van der Waals surface area contributed by atoms with Gasteiger partial charge in [-0.05, 0) is 24.5 Å². The minimum atomic E-state index is 0. The molecule has 0 aliphatic carbocycles. The van der Waals surface area contributed by atoms with Gasteiger partial charge in [-0.2, -0.15) is 0 Å². The van der Waals surface area contributed by atoms with E-state index in [0.717, 1.165) is 5.92 Å². The summed E-state index contributed by atoms with van der Waals surface area (Å²) >= 11 is 3.51. The third-order valence-electron chi connectivity index (χ3n) is 5.99. The van der Waals surface area contributed by atoms with Crippen LogP contribution in [0.15, 0.2) is 24.3 Å². The van der Waals surface area contributed by atoms with E-state index in [1.165, 1.54) is 99.2 Å². The highest BCUT2D eigenvalue weighted by molar-refractivity contribution is 9.09. The molecule has 0 saturated heterocycles. The van der Waals surface area contributed by atoms with Gasteiger partial charge < -0.3 is 24.0 Å². The van der Waals surface area contributed by atoms with E-state index < -0.39 is 0 Å². The smallest absolute Gasteiger partial charge is 0.257 e. The molecule has 1 heterocycles. The van der Waals surface area contributed by atoms with E-state index in [4.69, 9.17) is 0 Å². The van der Waals surface area contributed by atoms with Crippen LogP contribution in [-0.2, 0) is 20.5 Å². The zero-order valence-corrected chi connectivity index (χ0v) is 22.0. The maximum Gasteiger partial charge on any atom is 0.257 e. The van der Waals surface area contributed by atoms with E-state index >= 15 is 0 Å². The molecule has 0 fully saturated rings. The van der Waals surface area contributed by atoms with E-state index in [-0.39, 0.29) is 24.0 Å². The molecule has 0 aliphatic heterocycles. The molecular formula is C24H40BrIN2. The van der Waals surface area contributed by atoms with Crippen molar-refractivity contribution in [1.82, 2.24) is 4.57 Å². The van der Waals surface area contributed by atoms with Crippen molar-refractivity contribution in [2.45, 2.75) is 84.0 Å². The highest BCUT2D eigenvalue weighted by atomic mass is 127. The van der Waals surface area contributed by atoms with Crippen LogP contribution in [0.2, 0.25) is 0 Å². The van der Waals surface area contributed by atoms with Crippen molar-refractivity contribution in [3.05, 3.63) is 30.1 Å². The van der Waals surface area contributed by atoms with Crippen molar-refractivity contribution in [2.75, 3.05) is 5.33 Å². The number of halogens is 2. The van der Waals surface area contributed by atoms with Gasteiger partial charge in [0, 0.05) is 5.33 Å². The molecule has 160 valence electrons. The number of aromatic nitrogens is 2. The van der Waals surface area contributed by atoms with Gasteiger partial charge in [-0.15, -0.1) is 0 Å². The van der Waals surface area contributed by atoms with Gasteiger partial charge in [0.15, 0.2) is 11.0 Å². The van der Waals surface area contributed by atoms with Crippen molar-refractivity contribution >= 4 is 27.0 Å². The Hall–Kier alpha value is -0.100. The molecule has 1 atom stereocenters. The van der Waals surface area contributed by atoms with Crippen LogP contribution in [0, 0.1) is 5.92 Å². The van der Waals surface area contributed by atoms with E-state index in [9.17, 15) is 0 Å². The molecule has 28 heavy (non-hydrogen) atoms. The first-order valence-electron chi connectivity index (χ1n) is 11.1. The summed E-state index contributed by atoms with van der Waals surface area (Å²) in [6, 6.07) is 8.73. The molecule has 2 aromatic rings. The first-order chi connectivity index (χ1) is 13.1. The third kappa shape index (κ3) is 8.33. The number of imidazole rings is 1. The molecule has 1 aromatic carbocycles. The Balaban J connectivity index is 0.00000392. The number of benzene rings is 1. The molecule has 0 spiro atoms. The number of rotatable bonds is 14. The Labute approximate surface area is 198 Å². The fourth-order valence-corrected chi connectivity index (χ4v) is 4.62. The summed E-state index contributed by atoms with van der Waals surface area (Å²) < 4.78 is 4.76. The second-order valence-electron chi connectivity index (χ2n) is 8.35. The van der Waals surface area contributed by atoms with Crippen molar-refractivity contribution in [3.63, 3.8) is 0 Å². The van der Waals surface area contributed by atoms with Gasteiger partial charge in [0.25, 0.3) is 5.82 Å². The quantitative estimate of drug-likeness (QED) is 0.143. The summed E-state index contributed by atoms with van der Waals surface area (Å²) in [5, 5.41) is 1.17. The highest BCUT2D eigenvalue weighted by Gasteiger charge is 2.21. The van der Waals surface area contributed by atoms with E-state index in [1.54, 1.807) is 0 Å². The van der Waals surface area contributed by atoms with E-state index in [0.29, 0.717) is 0 Å². The molecule has 0 saturated carbocycles. The van der Waals surface area contributed by atoms with Crippen LogP contribution in [-0.4, -0.2) is 9.90 Å². The molecule has 1 aromatic heterocycles. The van der Waals surface area contributed by atoms with Gasteiger partial charge in [-0.1, -0.05) is 99.2 Å². The van der Waals surface area contributed by atoms with Gasteiger partial charge in [0.05, 0.1) is 20.5 Å². The minimum absolute atomic E-state index is 0. The van der Waals surface area contributed by atoms with Crippen molar-refractivity contribution in [1.29, 1.82) is 0 Å². The Bertz CT molecular complexity index is 629. The number of fused-ring (bicyclic) bond motifs is 1. The van der Waals surface area contributed by atoms with Gasteiger partial charge in [-0.3, -0.25) is 0 Å². The summed E-state index contributed by atoms with van der Waals surface area (Å²) in [7, 11) is 4.43. The lowest BCUT2D eigenvalue weighted by molar-refractivity contribution is -0.654. The molecule has 2 nitrogen and oxygen atoms in total. The number of aryl methyl sites for hydroxylation is 2. The van der Waals surface area contributed by atoms with E-state index in [1.807, 2.05) is 0 Å². The number of unbranched alkanes of at least 4 members (excludes halogenated alkanes) is 9. The Morgan fingerprint density at radius 3 is 2.00 bits per heavy atom. The average Bonchev–Trinajstić information content (AvgIpc) is 2.91. The van der Waals surface area contributed by atoms with Gasteiger partial charge in [-0.25, -0.2) is 9.13 Å². The van der Waals surface area contributed by atoms with Gasteiger partial charge >= 0.3 is 0 Å². The lowest BCUT2D eigenvalue weighted by Gasteiger charge is -2.09. The molecule has 0 N–H and O–H groups in total. The lowest BCUT2D eigenvalue weighted by Crippen LogP contribution is -3.00. The SMILES string of the molecule is CC(CCCCCCCCCCCCBr)Cc1n(C)c2ccccc2[n+]1C.[I-]. The monoisotopic (exact) mass is 562 g/mol. The average molecular weight is 563 g/mol. The maximum absolute atomic E-state index is 3.51. The molecule has 2 rings (SSSR count). The van der Waals surface area contributed by atoms with Crippen molar-refractivity contribution in [3.8, 4) is 0 Å². The summed E-state index contributed by atoms with van der Waals surface area (Å²) in [6.07, 6.45) is 16.7. The van der Waals surface area contributed by atoms with Crippen LogP contribution < -0.4 is 28.5 Å². The predicted octanol–water partition coefficient (Wildman–Crippen LogP) is 3.87. The first-order valence-corrected chi connectivity index (χ1v) is 12.3. The maximum atomic E-state index is 3.51. The molecule has 1 unspecified atom stereocenters. The van der Waals surface area contributed by atoms with Crippen molar-refractivity contribution in [2.24, 2.45) is 20.0 Å². The lowest BCUT2D eigenvalue weighted by atomic mass is 9.98. The zero-order valence-electron chi connectivity index (χ0n) is 18.2. The fourth-order valence-electron chi connectivity index (χ4n) is 4.22. The molecule has 0 aliphatic rings. The fraction of sp³-hybridized carbons (Fsp3) is 0.708. The number of hydrogen-bond donors (Lipinski definition) is 0. The third-order valence-corrected chi connectivity index (χ3v) is 6.55. The van der Waals surface area contributed by atoms with Crippen LogP contribution >= 0.6 is 15.9 Å². The number of alkyl halides is 1. The van der Waals surface area contributed by atoms with E-state index in [2.05, 4.69) is 70.3 Å². The Morgan fingerprint density at radius 2 is 1.43 bits per heavy atom. The number of hydrogen-bond acceptors (Lipinski definition) is 0. The van der Waals surface area contributed by atoms with Crippen LogP contribution in [0.4, 0.5) is 0 Å². The van der Waals surface area contributed by atoms with Crippen molar-refractivity contribution < 1.29 is 28.5 Å². The van der Waals surface area contributed by atoms with Gasteiger partial charge in [0.2, 0.25) is 0 Å². The van der Waals surface area contributed by atoms with Crippen LogP contribution in [0.3, 0.4) is 0 Å². The van der Waals surface area contributed by atoms with Crippen LogP contribution in [0.5, 0.6) is 0 Å². The molecule has 4 heteroatoms. The predicted molar refractivity (Wildman–Crippen MR) is 122 cm³/mol. The second-order valence-corrected chi connectivity index (χ2v) is 9.14. The van der Waals surface area contributed by atoms with Crippen LogP contribution in [0.25, 0.3) is 11.0 Å². The van der Waals surface area contributed by atoms with Gasteiger partial charge in [0.1, 0.15) is 0 Å². The van der Waals surface area contributed by atoms with Crippen LogP contribution in [0.1, 0.15) is 83.4 Å². The Kier molecular flexibility index (Phi) is 13.7. The summed E-state index contributed by atoms with van der Waals surface area (Å²) in [4.78, 5) is 0. The summed E-state index contributed by atoms with van der Waals surface area (Å²) in [5.74, 6) is 2.21. The molecule has 0 amide bonds. The topological polar surface area (TPSA) is 8.81 Å². The largest absolute Gasteiger partial charge is 1.00 e. The zero-order chi connectivity index (χ0) is 19.5. The molecule has 0 radical (unpaired) electrons. The molecule has 0 bridgehead atoms.